The van der Waals surface area contributed by atoms with Crippen LogP contribution in [0.15, 0.2) is 29.3 Å². The van der Waals surface area contributed by atoms with E-state index in [1.165, 1.54) is 0 Å². The molecular formula is C30H50Cl2N8O7. The van der Waals surface area contributed by atoms with Gasteiger partial charge in [-0.25, -0.2) is 9.97 Å². The summed E-state index contributed by atoms with van der Waals surface area (Å²) >= 11 is 5.81. The first-order valence-corrected chi connectivity index (χ1v) is 15.8. The van der Waals surface area contributed by atoms with Crippen molar-refractivity contribution in [1.82, 2.24) is 20.2 Å². The van der Waals surface area contributed by atoms with Gasteiger partial charge >= 0.3 is 0 Å². The summed E-state index contributed by atoms with van der Waals surface area (Å²) in [6.07, 6.45) is 0.370. The van der Waals surface area contributed by atoms with E-state index in [2.05, 4.69) is 27.2 Å². The molecule has 4 atom stereocenters. The number of aryl methyl sites for hydroxylation is 1. The van der Waals surface area contributed by atoms with Gasteiger partial charge in [0.05, 0.1) is 12.7 Å². The zero-order valence-corrected chi connectivity index (χ0v) is 28.2. The van der Waals surface area contributed by atoms with Crippen LogP contribution in [0, 0.1) is 0 Å². The number of aliphatic imine (C=N–C) groups is 1. The van der Waals surface area contributed by atoms with Crippen molar-refractivity contribution in [3.63, 3.8) is 0 Å². The first-order valence-electron chi connectivity index (χ1n) is 15.4. The molecule has 47 heavy (non-hydrogen) atoms. The molecule has 0 aliphatic heterocycles. The number of benzene rings is 1. The maximum absolute atomic E-state index is 12.3. The summed E-state index contributed by atoms with van der Waals surface area (Å²) in [7, 11) is 0. The minimum Gasteiger partial charge on any atom is -0.492 e. The lowest BCUT2D eigenvalue weighted by atomic mass is 10.0. The van der Waals surface area contributed by atoms with Gasteiger partial charge in [-0.15, -0.1) is 12.4 Å². The number of rotatable bonds is 21. The number of aliphatic hydroxyl groups excluding tert-OH is 5. The van der Waals surface area contributed by atoms with Crippen LogP contribution in [0.2, 0.25) is 5.15 Å². The van der Waals surface area contributed by atoms with Crippen LogP contribution in [-0.4, -0.2) is 116 Å². The standard InChI is InChI=1S/C30H49ClN8O7.ClH/c1-2-3-4-7-14-39(17-21(41)24(43)25(44)22(42)18-40)15-16-46-20-11-9-19(10-12-20)8-5-6-13-35-30(34)38-29(45)23-27(32)37-28(33)26(31)36-23;/h9-12,21-22,24-25,40-44H,2-8,13-18H2,1H3,(H4,32,33,37)(H3,34,35,38,45);1H. The fourth-order valence-electron chi connectivity index (χ4n) is 4.50. The fraction of sp³-hybridized carbons (Fsp3) is 0.600. The Morgan fingerprint density at radius 3 is 2.32 bits per heavy atom. The normalized spacial score (nSPS) is 14.3. The van der Waals surface area contributed by atoms with Crippen LogP contribution in [0.5, 0.6) is 5.75 Å². The number of unbranched alkanes of at least 4 members (excludes halogenated alkanes) is 4. The Labute approximate surface area is 286 Å². The van der Waals surface area contributed by atoms with Crippen molar-refractivity contribution >= 4 is 47.5 Å². The number of aliphatic hydroxyl groups is 5. The lowest BCUT2D eigenvalue weighted by Crippen LogP contribution is -2.50. The third kappa shape index (κ3) is 15.2. The van der Waals surface area contributed by atoms with E-state index in [0.717, 1.165) is 50.5 Å². The molecule has 0 saturated heterocycles. The van der Waals surface area contributed by atoms with Crippen molar-refractivity contribution < 1.29 is 35.1 Å². The smallest absolute Gasteiger partial charge is 0.280 e. The Bertz CT molecular complexity index is 1230. The van der Waals surface area contributed by atoms with E-state index in [4.69, 9.17) is 38.6 Å². The number of halogens is 2. The average molecular weight is 706 g/mol. The molecule has 1 amide bonds. The van der Waals surface area contributed by atoms with Crippen molar-refractivity contribution in [3.05, 3.63) is 40.7 Å². The molecule has 17 heteroatoms. The number of hydrogen-bond donors (Lipinski definition) is 9. The molecule has 0 saturated carbocycles. The van der Waals surface area contributed by atoms with E-state index in [0.29, 0.717) is 32.0 Å². The molecule has 0 spiro atoms. The predicted molar refractivity (Wildman–Crippen MR) is 184 cm³/mol. The highest BCUT2D eigenvalue weighted by atomic mass is 35.5. The molecule has 0 radical (unpaired) electrons. The van der Waals surface area contributed by atoms with Crippen molar-refractivity contribution in [1.29, 1.82) is 0 Å². The fourth-order valence-corrected chi connectivity index (χ4v) is 4.63. The Hall–Kier alpha value is -3.02. The Morgan fingerprint density at radius 2 is 1.66 bits per heavy atom. The van der Waals surface area contributed by atoms with Gasteiger partial charge in [-0.2, -0.15) is 0 Å². The third-order valence-electron chi connectivity index (χ3n) is 7.22. The topological polar surface area (TPSA) is 259 Å². The number of anilines is 2. The van der Waals surface area contributed by atoms with E-state index in [1.807, 2.05) is 29.2 Å². The zero-order valence-electron chi connectivity index (χ0n) is 26.7. The van der Waals surface area contributed by atoms with E-state index in [-0.39, 0.29) is 47.4 Å². The molecule has 4 unspecified atom stereocenters. The van der Waals surface area contributed by atoms with Gasteiger partial charge in [0.1, 0.15) is 30.7 Å². The number of carbonyl (C=O) groups excluding carboxylic acids is 1. The van der Waals surface area contributed by atoms with Gasteiger partial charge in [0.15, 0.2) is 28.4 Å². The number of nitrogens with two attached hydrogens (primary N) is 3. The van der Waals surface area contributed by atoms with Crippen LogP contribution in [0.1, 0.15) is 61.5 Å². The van der Waals surface area contributed by atoms with Crippen molar-refractivity contribution in [2.45, 2.75) is 76.3 Å². The largest absolute Gasteiger partial charge is 0.492 e. The van der Waals surface area contributed by atoms with Crippen molar-refractivity contribution in [3.8, 4) is 5.75 Å². The lowest BCUT2D eigenvalue weighted by Gasteiger charge is -2.30. The number of aromatic nitrogens is 2. The van der Waals surface area contributed by atoms with Gasteiger partial charge < -0.3 is 47.5 Å². The Morgan fingerprint density at radius 1 is 0.979 bits per heavy atom. The summed E-state index contributed by atoms with van der Waals surface area (Å²) in [6.45, 7) is 3.38. The molecule has 1 heterocycles. The minimum absolute atomic E-state index is 0. The van der Waals surface area contributed by atoms with Crippen LogP contribution < -0.4 is 27.3 Å². The molecule has 266 valence electrons. The molecule has 0 fully saturated rings. The number of amides is 1. The second kappa shape index (κ2) is 22.5. The van der Waals surface area contributed by atoms with Crippen LogP contribution in [0.25, 0.3) is 0 Å². The van der Waals surface area contributed by atoms with Crippen LogP contribution in [0.4, 0.5) is 11.6 Å². The van der Waals surface area contributed by atoms with E-state index in [9.17, 15) is 25.2 Å². The highest BCUT2D eigenvalue weighted by Crippen LogP contribution is 2.17. The number of ether oxygens (including phenoxy) is 1. The SMILES string of the molecule is CCCCCCN(CCOc1ccc(CCCCN=C(N)NC(=O)c2nc(Cl)c(N)nc2N)cc1)CC(O)C(O)C(O)C(O)CO.Cl. The zero-order chi connectivity index (χ0) is 34.1. The molecular weight excluding hydrogens is 655 g/mol. The number of guanidine groups is 1. The second-order valence-corrected chi connectivity index (χ2v) is 11.3. The first kappa shape index (κ1) is 42.0. The molecule has 15 nitrogen and oxygen atoms in total. The molecule has 2 rings (SSSR count). The molecule has 2 aromatic rings. The van der Waals surface area contributed by atoms with Crippen LogP contribution in [-0.2, 0) is 6.42 Å². The van der Waals surface area contributed by atoms with Gasteiger partial charge in [-0.3, -0.25) is 20.0 Å². The minimum atomic E-state index is -1.66. The van der Waals surface area contributed by atoms with Crippen molar-refractivity contribution in [2.75, 3.05) is 50.9 Å². The molecule has 0 aliphatic rings. The van der Waals surface area contributed by atoms with E-state index in [1.54, 1.807) is 0 Å². The van der Waals surface area contributed by atoms with Gasteiger partial charge in [0, 0.05) is 19.6 Å². The number of nitrogens with zero attached hydrogens (tertiary/aromatic N) is 4. The van der Waals surface area contributed by atoms with Crippen LogP contribution in [0.3, 0.4) is 0 Å². The third-order valence-corrected chi connectivity index (χ3v) is 7.49. The van der Waals surface area contributed by atoms with Crippen molar-refractivity contribution in [2.24, 2.45) is 10.7 Å². The average Bonchev–Trinajstić information content (AvgIpc) is 3.03. The number of nitrogen functional groups attached to an aromatic ring is 2. The molecule has 0 bridgehead atoms. The molecule has 1 aromatic heterocycles. The summed E-state index contributed by atoms with van der Waals surface area (Å²) in [5.74, 6) is -0.334. The maximum atomic E-state index is 12.3. The highest BCUT2D eigenvalue weighted by Gasteiger charge is 2.31. The quantitative estimate of drug-likeness (QED) is 0.0487. The molecule has 1 aromatic carbocycles. The maximum Gasteiger partial charge on any atom is 0.280 e. The summed E-state index contributed by atoms with van der Waals surface area (Å²) < 4.78 is 5.91. The Kier molecular flexibility index (Phi) is 20.1. The van der Waals surface area contributed by atoms with E-state index < -0.39 is 36.9 Å². The van der Waals surface area contributed by atoms with E-state index >= 15 is 0 Å². The number of nitrogens with one attached hydrogen (secondary N) is 1. The second-order valence-electron chi connectivity index (χ2n) is 11.0. The molecule has 12 N–H and O–H groups in total. The van der Waals surface area contributed by atoms with Crippen LogP contribution >= 0.6 is 24.0 Å². The summed E-state index contributed by atoms with van der Waals surface area (Å²) in [5.41, 5.74) is 17.9. The summed E-state index contributed by atoms with van der Waals surface area (Å²) in [5, 5.41) is 51.5. The Balaban J connectivity index is 0.0000110. The number of carbonyl (C=O) groups is 1. The summed E-state index contributed by atoms with van der Waals surface area (Å²) in [6, 6.07) is 7.73. The van der Waals surface area contributed by atoms with Gasteiger partial charge in [-0.1, -0.05) is 49.9 Å². The van der Waals surface area contributed by atoms with Gasteiger partial charge in [0.2, 0.25) is 0 Å². The predicted octanol–water partition coefficient (Wildman–Crippen LogP) is 0.481. The first-order chi connectivity index (χ1) is 22.0. The van der Waals surface area contributed by atoms with Gasteiger partial charge in [0.25, 0.3) is 5.91 Å². The summed E-state index contributed by atoms with van der Waals surface area (Å²) in [4.78, 5) is 26.0. The van der Waals surface area contributed by atoms with Gasteiger partial charge in [-0.05, 0) is 49.9 Å². The highest BCUT2D eigenvalue weighted by molar-refractivity contribution is 6.31. The number of hydrogen-bond acceptors (Lipinski definition) is 13. The molecule has 0 aliphatic carbocycles. The monoisotopic (exact) mass is 704 g/mol. The lowest BCUT2D eigenvalue weighted by molar-refractivity contribution is -0.119.